The average molecular weight is 228 g/mol. The van der Waals surface area contributed by atoms with E-state index in [2.05, 4.69) is 17.1 Å². The fourth-order valence-corrected chi connectivity index (χ4v) is 1.78. The lowest BCUT2D eigenvalue weighted by Gasteiger charge is -2.26. The van der Waals surface area contributed by atoms with Crippen LogP contribution in [0.25, 0.3) is 0 Å². The maximum Gasteiger partial charge on any atom is 0.219 e. The summed E-state index contributed by atoms with van der Waals surface area (Å²) in [5.74, 6) is 0.198. The van der Waals surface area contributed by atoms with Gasteiger partial charge in [-0.1, -0.05) is 13.3 Å². The highest BCUT2D eigenvalue weighted by atomic mass is 16.5. The molecule has 0 aromatic heterocycles. The second kappa shape index (κ2) is 8.53. The van der Waals surface area contributed by atoms with Crippen molar-refractivity contribution in [1.82, 2.24) is 10.2 Å². The van der Waals surface area contributed by atoms with Crippen molar-refractivity contribution < 1.29 is 9.53 Å². The first kappa shape index (κ1) is 13.5. The van der Waals surface area contributed by atoms with Crippen molar-refractivity contribution in [3.63, 3.8) is 0 Å². The fraction of sp³-hybridized carbons (Fsp3) is 0.917. The molecule has 1 saturated heterocycles. The van der Waals surface area contributed by atoms with E-state index >= 15 is 0 Å². The first-order valence-corrected chi connectivity index (χ1v) is 6.39. The van der Waals surface area contributed by atoms with Crippen LogP contribution in [0.5, 0.6) is 0 Å². The molecule has 1 heterocycles. The summed E-state index contributed by atoms with van der Waals surface area (Å²) in [4.78, 5) is 13.7. The number of hydrogen-bond acceptors (Lipinski definition) is 3. The van der Waals surface area contributed by atoms with Crippen molar-refractivity contribution >= 4 is 5.91 Å². The number of amides is 1. The second-order valence-corrected chi connectivity index (χ2v) is 4.26. The molecule has 0 saturated carbocycles. The Morgan fingerprint density at radius 2 is 2.06 bits per heavy atom. The summed E-state index contributed by atoms with van der Waals surface area (Å²) < 4.78 is 5.28. The molecule has 94 valence electrons. The highest BCUT2D eigenvalue weighted by Crippen LogP contribution is 1.97. The normalized spacial score (nSPS) is 17.3. The monoisotopic (exact) mass is 228 g/mol. The van der Waals surface area contributed by atoms with Gasteiger partial charge in [0.2, 0.25) is 5.91 Å². The largest absolute Gasteiger partial charge is 0.379 e. The lowest BCUT2D eigenvalue weighted by Crippen LogP contribution is -2.38. The number of nitrogens with zero attached hydrogens (tertiary/aromatic N) is 1. The highest BCUT2D eigenvalue weighted by molar-refractivity contribution is 5.75. The van der Waals surface area contributed by atoms with Crippen molar-refractivity contribution in [2.75, 3.05) is 39.4 Å². The van der Waals surface area contributed by atoms with Crippen LogP contribution >= 0.6 is 0 Å². The molecule has 0 aromatic rings. The summed E-state index contributed by atoms with van der Waals surface area (Å²) >= 11 is 0. The molecule has 1 amide bonds. The zero-order valence-electron chi connectivity index (χ0n) is 10.3. The van der Waals surface area contributed by atoms with Gasteiger partial charge in [-0.05, 0) is 19.4 Å². The van der Waals surface area contributed by atoms with Crippen LogP contribution in [-0.4, -0.2) is 50.2 Å². The Bertz CT molecular complexity index is 191. The third-order valence-electron chi connectivity index (χ3n) is 2.83. The molecule has 4 nitrogen and oxygen atoms in total. The van der Waals surface area contributed by atoms with Crippen LogP contribution < -0.4 is 5.32 Å². The quantitative estimate of drug-likeness (QED) is 0.661. The van der Waals surface area contributed by atoms with Gasteiger partial charge in [-0.2, -0.15) is 0 Å². The predicted octanol–water partition coefficient (Wildman–Crippen LogP) is 1.02. The zero-order valence-corrected chi connectivity index (χ0v) is 10.3. The highest BCUT2D eigenvalue weighted by Gasteiger charge is 2.09. The van der Waals surface area contributed by atoms with E-state index in [4.69, 9.17) is 4.74 Å². The average Bonchev–Trinajstić information content (AvgIpc) is 2.33. The molecule has 0 unspecified atom stereocenters. The summed E-state index contributed by atoms with van der Waals surface area (Å²) in [6.07, 6.45) is 3.79. The smallest absolute Gasteiger partial charge is 0.219 e. The first-order valence-electron chi connectivity index (χ1n) is 6.39. The molecule has 0 bridgehead atoms. The molecule has 1 rings (SSSR count). The minimum absolute atomic E-state index is 0.198. The van der Waals surface area contributed by atoms with Crippen LogP contribution in [0, 0.1) is 0 Å². The van der Waals surface area contributed by atoms with Crippen molar-refractivity contribution in [1.29, 1.82) is 0 Å². The topological polar surface area (TPSA) is 41.6 Å². The van der Waals surface area contributed by atoms with Gasteiger partial charge in [0, 0.05) is 26.1 Å². The van der Waals surface area contributed by atoms with Crippen LogP contribution in [0.4, 0.5) is 0 Å². The van der Waals surface area contributed by atoms with Gasteiger partial charge in [-0.3, -0.25) is 9.69 Å². The number of nitrogens with one attached hydrogen (secondary N) is 1. The Morgan fingerprint density at radius 3 is 2.75 bits per heavy atom. The Morgan fingerprint density at radius 1 is 1.31 bits per heavy atom. The van der Waals surface area contributed by atoms with Crippen LogP contribution in [0.3, 0.4) is 0 Å². The molecule has 1 fully saturated rings. The molecule has 0 radical (unpaired) electrons. The standard InChI is InChI=1S/C12H24N2O2/c1-2-3-5-12(15)13-6-4-7-14-8-10-16-11-9-14/h2-11H2,1H3,(H,13,15). The summed E-state index contributed by atoms with van der Waals surface area (Å²) in [5, 5.41) is 2.96. The molecule has 0 aliphatic carbocycles. The van der Waals surface area contributed by atoms with Gasteiger partial charge in [0.1, 0.15) is 0 Å². The van der Waals surface area contributed by atoms with E-state index < -0.39 is 0 Å². The number of morpholine rings is 1. The van der Waals surface area contributed by atoms with E-state index in [1.165, 1.54) is 0 Å². The first-order chi connectivity index (χ1) is 7.83. The van der Waals surface area contributed by atoms with Crippen LogP contribution in [0.2, 0.25) is 0 Å². The Hall–Kier alpha value is -0.610. The van der Waals surface area contributed by atoms with Gasteiger partial charge in [0.25, 0.3) is 0 Å². The molecule has 0 atom stereocenters. The van der Waals surface area contributed by atoms with E-state index in [9.17, 15) is 4.79 Å². The number of rotatable bonds is 7. The number of unbranched alkanes of at least 4 members (excludes halogenated alkanes) is 1. The van der Waals surface area contributed by atoms with Gasteiger partial charge in [-0.15, -0.1) is 0 Å². The lowest BCUT2D eigenvalue weighted by molar-refractivity contribution is -0.121. The van der Waals surface area contributed by atoms with E-state index in [1.54, 1.807) is 0 Å². The minimum atomic E-state index is 0.198. The molecule has 16 heavy (non-hydrogen) atoms. The summed E-state index contributed by atoms with van der Waals surface area (Å²) in [6.45, 7) is 7.74. The third kappa shape index (κ3) is 6.08. The van der Waals surface area contributed by atoms with Gasteiger partial charge < -0.3 is 10.1 Å². The minimum Gasteiger partial charge on any atom is -0.379 e. The van der Waals surface area contributed by atoms with E-state index in [0.717, 1.165) is 58.7 Å². The lowest BCUT2D eigenvalue weighted by atomic mass is 10.2. The Kier molecular flexibility index (Phi) is 7.17. The van der Waals surface area contributed by atoms with Crippen LogP contribution in [0.1, 0.15) is 32.6 Å². The summed E-state index contributed by atoms with van der Waals surface area (Å²) in [7, 11) is 0. The number of ether oxygens (including phenoxy) is 1. The van der Waals surface area contributed by atoms with E-state index in [0.29, 0.717) is 6.42 Å². The SMILES string of the molecule is CCCCC(=O)NCCCN1CCOCC1. The number of carbonyl (C=O) groups excluding carboxylic acids is 1. The second-order valence-electron chi connectivity index (χ2n) is 4.26. The van der Waals surface area contributed by atoms with Crippen molar-refractivity contribution in [2.24, 2.45) is 0 Å². The van der Waals surface area contributed by atoms with Crippen molar-refractivity contribution in [3.05, 3.63) is 0 Å². The number of carbonyl (C=O) groups is 1. The maximum atomic E-state index is 11.3. The zero-order chi connectivity index (χ0) is 11.6. The van der Waals surface area contributed by atoms with Gasteiger partial charge in [0.15, 0.2) is 0 Å². The van der Waals surface area contributed by atoms with E-state index in [-0.39, 0.29) is 5.91 Å². The molecule has 1 aliphatic heterocycles. The molecule has 1 aliphatic rings. The van der Waals surface area contributed by atoms with Crippen molar-refractivity contribution in [3.8, 4) is 0 Å². The Balaban J connectivity index is 1.92. The van der Waals surface area contributed by atoms with E-state index in [1.807, 2.05) is 0 Å². The summed E-state index contributed by atoms with van der Waals surface area (Å²) in [6, 6.07) is 0. The molecule has 0 aromatic carbocycles. The molecule has 4 heteroatoms. The molecule has 0 spiro atoms. The third-order valence-corrected chi connectivity index (χ3v) is 2.83. The maximum absolute atomic E-state index is 11.3. The van der Waals surface area contributed by atoms with Gasteiger partial charge >= 0.3 is 0 Å². The summed E-state index contributed by atoms with van der Waals surface area (Å²) in [5.41, 5.74) is 0. The molecular weight excluding hydrogens is 204 g/mol. The predicted molar refractivity (Wildman–Crippen MR) is 64.4 cm³/mol. The van der Waals surface area contributed by atoms with Crippen LogP contribution in [-0.2, 0) is 9.53 Å². The Labute approximate surface area is 98.3 Å². The fourth-order valence-electron chi connectivity index (χ4n) is 1.78. The van der Waals surface area contributed by atoms with Crippen molar-refractivity contribution in [2.45, 2.75) is 32.6 Å². The molecular formula is C12H24N2O2. The number of hydrogen-bond donors (Lipinski definition) is 1. The van der Waals surface area contributed by atoms with Gasteiger partial charge in [-0.25, -0.2) is 0 Å². The van der Waals surface area contributed by atoms with Gasteiger partial charge in [0.05, 0.1) is 13.2 Å². The van der Waals surface area contributed by atoms with Crippen LogP contribution in [0.15, 0.2) is 0 Å². The molecule has 1 N–H and O–H groups in total.